The summed E-state index contributed by atoms with van der Waals surface area (Å²) < 4.78 is 0. The fourth-order valence-corrected chi connectivity index (χ4v) is 4.03. The van der Waals surface area contributed by atoms with Crippen LogP contribution in [-0.4, -0.2) is 28.9 Å². The topological polar surface area (TPSA) is 66.4 Å². The number of aryl methyl sites for hydroxylation is 1. The van der Waals surface area contributed by atoms with Crippen LogP contribution in [0.4, 0.5) is 0 Å². The lowest BCUT2D eigenvalue weighted by Crippen LogP contribution is -2.24. The first-order chi connectivity index (χ1) is 14.6. The van der Waals surface area contributed by atoms with Crippen molar-refractivity contribution in [2.24, 2.45) is 11.8 Å². The molecule has 2 aliphatic carbocycles. The van der Waals surface area contributed by atoms with Gasteiger partial charge < -0.3 is 10.4 Å². The normalized spacial score (nSPS) is 22.0. The molecule has 0 aromatic heterocycles. The molecule has 3 rings (SSSR count). The maximum atomic E-state index is 12.2. The summed E-state index contributed by atoms with van der Waals surface area (Å²) in [6, 6.07) is 10.6. The fraction of sp³-hybridized carbons (Fsp3) is 0.538. The molecule has 4 heteroatoms. The van der Waals surface area contributed by atoms with Gasteiger partial charge in [0.1, 0.15) is 0 Å². The molecule has 1 aromatic carbocycles. The van der Waals surface area contributed by atoms with Gasteiger partial charge in [-0.25, -0.2) is 0 Å². The average molecular weight is 410 g/mol. The molecule has 0 saturated heterocycles. The Hall–Kier alpha value is -2.20. The Balaban J connectivity index is 1.31. The van der Waals surface area contributed by atoms with Crippen molar-refractivity contribution >= 4 is 11.7 Å². The highest BCUT2D eigenvalue weighted by Gasteiger charge is 2.27. The largest absolute Gasteiger partial charge is 0.389 e. The molecule has 3 atom stereocenters. The number of carbonyl (C=O) groups excluding carboxylic acids is 2. The van der Waals surface area contributed by atoms with Crippen LogP contribution in [0.1, 0.15) is 63.4 Å². The Morgan fingerprint density at radius 2 is 1.90 bits per heavy atom. The molecule has 0 spiro atoms. The first-order valence-corrected chi connectivity index (χ1v) is 11.5. The van der Waals surface area contributed by atoms with E-state index < -0.39 is 6.10 Å². The Labute approximate surface area is 180 Å². The number of amides is 1. The summed E-state index contributed by atoms with van der Waals surface area (Å²) >= 11 is 0. The Kier molecular flexibility index (Phi) is 8.88. The van der Waals surface area contributed by atoms with Crippen LogP contribution >= 0.6 is 0 Å². The summed E-state index contributed by atoms with van der Waals surface area (Å²) in [5.41, 5.74) is 1.23. The minimum atomic E-state index is -0.489. The molecule has 1 amide bonds. The predicted octanol–water partition coefficient (Wildman–Crippen LogP) is 4.53. The second kappa shape index (κ2) is 11.8. The zero-order valence-electron chi connectivity index (χ0n) is 17.8. The van der Waals surface area contributed by atoms with Gasteiger partial charge in [0, 0.05) is 24.3 Å². The van der Waals surface area contributed by atoms with Crippen molar-refractivity contribution in [3.05, 3.63) is 60.2 Å². The molecular weight excluding hydrogens is 374 g/mol. The number of ketones is 1. The van der Waals surface area contributed by atoms with Crippen LogP contribution in [0.2, 0.25) is 0 Å². The molecule has 0 radical (unpaired) electrons. The van der Waals surface area contributed by atoms with E-state index in [2.05, 4.69) is 17.4 Å². The van der Waals surface area contributed by atoms with Crippen LogP contribution in [0.5, 0.6) is 0 Å². The SMILES string of the molecule is O=C(CCCCCC[C@H]1C(=O)C=C[C@@H]1/C=C/[C@@H](O)CCc1ccccc1)NC1CC1. The molecule has 2 N–H and O–H groups in total. The van der Waals surface area contributed by atoms with Gasteiger partial charge in [0.25, 0.3) is 0 Å². The highest BCUT2D eigenvalue weighted by atomic mass is 16.3. The Bertz CT molecular complexity index is 736. The molecule has 1 saturated carbocycles. The van der Waals surface area contributed by atoms with Gasteiger partial charge in [0.05, 0.1) is 6.10 Å². The van der Waals surface area contributed by atoms with E-state index in [1.54, 1.807) is 6.08 Å². The third-order valence-electron chi connectivity index (χ3n) is 6.05. The minimum absolute atomic E-state index is 0.000684. The standard InChI is InChI=1S/C26H35NO3/c28-23(17-12-20-8-4-3-5-9-20)18-13-21-14-19-25(29)24(21)10-6-1-2-7-11-26(30)27-22-15-16-22/h3-5,8-9,13-14,18-19,21-24,28H,1-2,6-7,10-12,15-17H2,(H,27,30)/b18-13+/t21-,23-,24+/m0/s1. The maximum absolute atomic E-state index is 12.2. The second-order valence-electron chi connectivity index (χ2n) is 8.72. The van der Waals surface area contributed by atoms with Crippen LogP contribution in [0.3, 0.4) is 0 Å². The van der Waals surface area contributed by atoms with Crippen LogP contribution in [-0.2, 0) is 16.0 Å². The molecule has 1 fully saturated rings. The summed E-state index contributed by atoms with van der Waals surface area (Å²) in [5.74, 6) is 0.477. The van der Waals surface area contributed by atoms with Crippen molar-refractivity contribution in [3.8, 4) is 0 Å². The maximum Gasteiger partial charge on any atom is 0.220 e. The van der Waals surface area contributed by atoms with E-state index in [1.165, 1.54) is 5.56 Å². The monoisotopic (exact) mass is 409 g/mol. The number of hydrogen-bond donors (Lipinski definition) is 2. The summed E-state index contributed by atoms with van der Waals surface area (Å²) in [7, 11) is 0. The molecule has 2 aliphatic rings. The molecule has 0 aliphatic heterocycles. The summed E-state index contributed by atoms with van der Waals surface area (Å²) in [6.07, 6.45) is 16.3. The van der Waals surface area contributed by atoms with E-state index in [1.807, 2.05) is 36.4 Å². The lowest BCUT2D eigenvalue weighted by atomic mass is 9.88. The van der Waals surface area contributed by atoms with Gasteiger partial charge in [-0.3, -0.25) is 9.59 Å². The number of benzene rings is 1. The first kappa shape index (κ1) is 22.5. The van der Waals surface area contributed by atoms with Gasteiger partial charge in [-0.05, 0) is 50.2 Å². The Morgan fingerprint density at radius 1 is 1.13 bits per heavy atom. The molecule has 4 nitrogen and oxygen atoms in total. The van der Waals surface area contributed by atoms with Gasteiger partial charge in [0.15, 0.2) is 5.78 Å². The molecule has 30 heavy (non-hydrogen) atoms. The molecule has 1 aromatic rings. The van der Waals surface area contributed by atoms with E-state index in [9.17, 15) is 14.7 Å². The van der Waals surface area contributed by atoms with Crippen LogP contribution in [0.25, 0.3) is 0 Å². The number of rotatable bonds is 13. The highest BCUT2D eigenvalue weighted by molar-refractivity contribution is 5.94. The molecule has 162 valence electrons. The average Bonchev–Trinajstić information content (AvgIpc) is 3.50. The van der Waals surface area contributed by atoms with Crippen molar-refractivity contribution in [1.29, 1.82) is 0 Å². The number of aliphatic hydroxyl groups is 1. The summed E-state index contributed by atoms with van der Waals surface area (Å²) in [4.78, 5) is 23.9. The summed E-state index contributed by atoms with van der Waals surface area (Å²) in [6.45, 7) is 0. The van der Waals surface area contributed by atoms with E-state index in [0.717, 1.165) is 51.4 Å². The number of nitrogens with one attached hydrogen (secondary N) is 1. The first-order valence-electron chi connectivity index (χ1n) is 11.5. The van der Waals surface area contributed by atoms with Gasteiger partial charge in [-0.15, -0.1) is 0 Å². The van der Waals surface area contributed by atoms with Crippen LogP contribution < -0.4 is 5.32 Å². The number of aliphatic hydroxyl groups excluding tert-OH is 1. The quantitative estimate of drug-likeness (QED) is 0.372. The number of allylic oxidation sites excluding steroid dienone is 3. The third kappa shape index (κ3) is 7.91. The van der Waals surface area contributed by atoms with Gasteiger partial charge in [-0.1, -0.05) is 67.8 Å². The lowest BCUT2D eigenvalue weighted by molar-refractivity contribution is -0.121. The molecule has 0 heterocycles. The highest BCUT2D eigenvalue weighted by Crippen LogP contribution is 2.29. The smallest absolute Gasteiger partial charge is 0.220 e. The zero-order valence-corrected chi connectivity index (χ0v) is 17.8. The number of hydrogen-bond acceptors (Lipinski definition) is 3. The van der Waals surface area contributed by atoms with Crippen LogP contribution in [0.15, 0.2) is 54.6 Å². The number of unbranched alkanes of at least 4 members (excludes halogenated alkanes) is 3. The zero-order chi connectivity index (χ0) is 21.2. The molecular formula is C26H35NO3. The predicted molar refractivity (Wildman–Crippen MR) is 120 cm³/mol. The van der Waals surface area contributed by atoms with Gasteiger partial charge in [-0.2, -0.15) is 0 Å². The molecule has 0 bridgehead atoms. The van der Waals surface area contributed by atoms with E-state index >= 15 is 0 Å². The van der Waals surface area contributed by atoms with Crippen molar-refractivity contribution in [2.45, 2.75) is 76.4 Å². The number of carbonyl (C=O) groups is 2. The van der Waals surface area contributed by atoms with Crippen molar-refractivity contribution in [3.63, 3.8) is 0 Å². The van der Waals surface area contributed by atoms with Gasteiger partial charge >= 0.3 is 0 Å². The molecule has 0 unspecified atom stereocenters. The Morgan fingerprint density at radius 3 is 2.67 bits per heavy atom. The van der Waals surface area contributed by atoms with E-state index in [-0.39, 0.29) is 23.5 Å². The van der Waals surface area contributed by atoms with E-state index in [0.29, 0.717) is 18.9 Å². The lowest BCUT2D eigenvalue weighted by Gasteiger charge is -2.15. The van der Waals surface area contributed by atoms with Crippen molar-refractivity contribution in [2.75, 3.05) is 0 Å². The summed E-state index contributed by atoms with van der Waals surface area (Å²) in [5, 5.41) is 13.3. The van der Waals surface area contributed by atoms with Crippen molar-refractivity contribution in [1.82, 2.24) is 5.32 Å². The van der Waals surface area contributed by atoms with E-state index in [4.69, 9.17) is 0 Å². The van der Waals surface area contributed by atoms with Crippen molar-refractivity contribution < 1.29 is 14.7 Å². The third-order valence-corrected chi connectivity index (χ3v) is 6.05. The fourth-order valence-electron chi connectivity index (χ4n) is 4.03. The second-order valence-corrected chi connectivity index (χ2v) is 8.72. The minimum Gasteiger partial charge on any atom is -0.389 e. The van der Waals surface area contributed by atoms with Gasteiger partial charge in [0.2, 0.25) is 5.91 Å². The van der Waals surface area contributed by atoms with Crippen LogP contribution in [0, 0.1) is 11.8 Å².